The van der Waals surface area contributed by atoms with Crippen LogP contribution in [-0.2, 0) is 24.5 Å². The maximum absolute atomic E-state index is 10.1. The molecule has 0 atom stereocenters. The SMILES string of the molecule is CC(=O)C(=O)OOON=O. The summed E-state index contributed by atoms with van der Waals surface area (Å²) in [6.45, 7) is 0.958. The Hall–Kier alpha value is -1.50. The van der Waals surface area contributed by atoms with Gasteiger partial charge < -0.3 is 0 Å². The molecule has 0 aromatic heterocycles. The van der Waals surface area contributed by atoms with Crippen LogP contribution in [0.25, 0.3) is 0 Å². The van der Waals surface area contributed by atoms with E-state index >= 15 is 0 Å². The number of ketones is 1. The van der Waals surface area contributed by atoms with Gasteiger partial charge in [0, 0.05) is 6.92 Å². The highest BCUT2D eigenvalue weighted by Gasteiger charge is 2.10. The van der Waals surface area contributed by atoms with Gasteiger partial charge >= 0.3 is 5.97 Å². The standard InChI is InChI=1S/C3H3NO6/c1-2(5)3(6)8-10-9-4-7/h1H3. The van der Waals surface area contributed by atoms with Crippen LogP contribution in [0.5, 0.6) is 0 Å². The second kappa shape index (κ2) is 4.39. The molecule has 0 heterocycles. The van der Waals surface area contributed by atoms with Crippen LogP contribution in [0, 0.1) is 4.91 Å². The van der Waals surface area contributed by atoms with E-state index < -0.39 is 11.8 Å². The molecule has 0 spiro atoms. The van der Waals surface area contributed by atoms with E-state index in [-0.39, 0.29) is 0 Å². The monoisotopic (exact) mass is 149 g/mol. The lowest BCUT2D eigenvalue weighted by atomic mass is 10.5. The van der Waals surface area contributed by atoms with Crippen LogP contribution in [0.3, 0.4) is 0 Å². The Morgan fingerprint density at radius 1 is 1.40 bits per heavy atom. The van der Waals surface area contributed by atoms with Gasteiger partial charge in [-0.05, 0) is 0 Å². The number of Topliss-reactive ketones (excluding diaryl/α,β-unsaturated/α-hetero) is 1. The lowest BCUT2D eigenvalue weighted by Gasteiger charge is -1.91. The van der Waals surface area contributed by atoms with Gasteiger partial charge in [-0.25, -0.2) is 9.68 Å². The molecule has 0 aromatic carbocycles. The molecule has 7 nitrogen and oxygen atoms in total. The molecule has 0 unspecified atom stereocenters. The third-order valence-electron chi connectivity index (χ3n) is 0.458. The predicted octanol–water partition coefficient (Wildman–Crippen LogP) is -0.337. The van der Waals surface area contributed by atoms with Crippen LogP contribution >= 0.6 is 0 Å². The van der Waals surface area contributed by atoms with Crippen molar-refractivity contribution in [2.75, 3.05) is 0 Å². The lowest BCUT2D eigenvalue weighted by molar-refractivity contribution is -0.487. The smallest absolute Gasteiger partial charge is 0.287 e. The van der Waals surface area contributed by atoms with E-state index in [4.69, 9.17) is 4.91 Å². The van der Waals surface area contributed by atoms with Crippen LogP contribution in [0.15, 0.2) is 5.34 Å². The van der Waals surface area contributed by atoms with Gasteiger partial charge in [0.25, 0.3) is 0 Å². The highest BCUT2D eigenvalue weighted by Crippen LogP contribution is 1.84. The number of carbonyl (C=O) groups is 2. The highest BCUT2D eigenvalue weighted by molar-refractivity contribution is 6.32. The zero-order valence-electron chi connectivity index (χ0n) is 4.90. The number of carbonyl (C=O) groups excluding carboxylic acids is 2. The van der Waals surface area contributed by atoms with Gasteiger partial charge in [0.15, 0.2) is 5.34 Å². The molecule has 0 rings (SSSR count). The molecule has 0 aliphatic rings. The summed E-state index contributed by atoms with van der Waals surface area (Å²) in [7, 11) is 0. The van der Waals surface area contributed by atoms with Crippen molar-refractivity contribution >= 4 is 11.8 Å². The second-order valence-corrected chi connectivity index (χ2v) is 1.14. The molecule has 0 saturated heterocycles. The fourth-order valence-corrected chi connectivity index (χ4v) is 0.117. The van der Waals surface area contributed by atoms with Crippen LogP contribution < -0.4 is 0 Å². The van der Waals surface area contributed by atoms with Gasteiger partial charge in [-0.2, -0.15) is 0 Å². The summed E-state index contributed by atoms with van der Waals surface area (Å²) in [5.74, 6) is -2.15. The molecular weight excluding hydrogens is 146 g/mol. The first-order valence-corrected chi connectivity index (χ1v) is 2.06. The van der Waals surface area contributed by atoms with Crippen molar-refractivity contribution in [3.63, 3.8) is 0 Å². The molecule has 0 aliphatic heterocycles. The molecule has 0 saturated carbocycles. The molecule has 0 N–H and O–H groups in total. The summed E-state index contributed by atoms with van der Waals surface area (Å²) >= 11 is 0. The molecule has 10 heavy (non-hydrogen) atoms. The van der Waals surface area contributed by atoms with E-state index in [9.17, 15) is 9.59 Å². The fraction of sp³-hybridized carbons (Fsp3) is 0.333. The summed E-state index contributed by atoms with van der Waals surface area (Å²) in [5.41, 5.74) is 0. The predicted molar refractivity (Wildman–Crippen MR) is 24.7 cm³/mol. The Kier molecular flexibility index (Phi) is 3.73. The number of hydrogen-bond acceptors (Lipinski definition) is 7. The largest absolute Gasteiger partial charge is 0.412 e. The van der Waals surface area contributed by atoms with E-state index in [1.807, 2.05) is 0 Å². The zero-order valence-corrected chi connectivity index (χ0v) is 4.90. The van der Waals surface area contributed by atoms with Gasteiger partial charge in [-0.1, -0.05) is 0 Å². The minimum absolute atomic E-state index is 0.880. The molecular formula is C3H3NO6. The average molecular weight is 149 g/mol. The van der Waals surface area contributed by atoms with Crippen LogP contribution in [0.4, 0.5) is 0 Å². The Labute approximate surface area is 54.6 Å². The number of hydrogen-bond donors (Lipinski definition) is 0. The van der Waals surface area contributed by atoms with Gasteiger partial charge in [0.2, 0.25) is 5.78 Å². The Morgan fingerprint density at radius 3 is 2.40 bits per heavy atom. The van der Waals surface area contributed by atoms with E-state index in [1.54, 1.807) is 5.34 Å². The molecule has 0 bridgehead atoms. The first-order valence-electron chi connectivity index (χ1n) is 2.06. The minimum atomic E-state index is -1.27. The minimum Gasteiger partial charge on any atom is -0.287 e. The summed E-state index contributed by atoms with van der Waals surface area (Å²) < 4.78 is 0. The molecule has 56 valence electrons. The van der Waals surface area contributed by atoms with E-state index in [0.717, 1.165) is 6.92 Å². The molecule has 0 aliphatic carbocycles. The van der Waals surface area contributed by atoms with Gasteiger partial charge in [0.05, 0.1) is 5.04 Å². The topological polar surface area (TPSA) is 91.3 Å². The van der Waals surface area contributed by atoms with Crippen LogP contribution in [-0.4, -0.2) is 11.8 Å². The molecule has 0 fully saturated rings. The number of nitrogens with zero attached hydrogens (tertiary/aromatic N) is 1. The van der Waals surface area contributed by atoms with Crippen molar-refractivity contribution in [1.29, 1.82) is 0 Å². The van der Waals surface area contributed by atoms with Crippen molar-refractivity contribution in [3.05, 3.63) is 4.91 Å². The van der Waals surface area contributed by atoms with E-state index in [1.165, 1.54) is 0 Å². The van der Waals surface area contributed by atoms with E-state index in [2.05, 4.69) is 14.9 Å². The maximum Gasteiger partial charge on any atom is 0.412 e. The summed E-state index contributed by atoms with van der Waals surface area (Å²) in [4.78, 5) is 36.0. The first-order chi connectivity index (χ1) is 4.68. The quantitative estimate of drug-likeness (QED) is 0.178. The lowest BCUT2D eigenvalue weighted by Crippen LogP contribution is -2.13. The van der Waals surface area contributed by atoms with Crippen molar-refractivity contribution in [2.24, 2.45) is 5.34 Å². The molecule has 0 radical (unpaired) electrons. The van der Waals surface area contributed by atoms with Crippen molar-refractivity contribution in [2.45, 2.75) is 6.92 Å². The van der Waals surface area contributed by atoms with Crippen LogP contribution in [0.1, 0.15) is 6.92 Å². The third-order valence-corrected chi connectivity index (χ3v) is 0.458. The van der Waals surface area contributed by atoms with Gasteiger partial charge in [-0.3, -0.25) is 4.79 Å². The van der Waals surface area contributed by atoms with E-state index in [0.29, 0.717) is 0 Å². The van der Waals surface area contributed by atoms with Gasteiger partial charge in [-0.15, -0.1) is 9.90 Å². The zero-order chi connectivity index (χ0) is 7.98. The third kappa shape index (κ3) is 3.50. The number of rotatable bonds is 4. The summed E-state index contributed by atoms with van der Waals surface area (Å²) in [6, 6.07) is 0. The van der Waals surface area contributed by atoms with Gasteiger partial charge in [0.1, 0.15) is 0 Å². The Bertz CT molecular complexity index is 153. The van der Waals surface area contributed by atoms with Crippen molar-refractivity contribution in [1.82, 2.24) is 0 Å². The van der Waals surface area contributed by atoms with Crippen molar-refractivity contribution < 1.29 is 24.5 Å². The van der Waals surface area contributed by atoms with Crippen LogP contribution in [0.2, 0.25) is 0 Å². The van der Waals surface area contributed by atoms with Crippen molar-refractivity contribution in [3.8, 4) is 0 Å². The Morgan fingerprint density at radius 2 is 2.00 bits per heavy atom. The maximum atomic E-state index is 10.1. The molecule has 7 heteroatoms. The highest BCUT2D eigenvalue weighted by atomic mass is 17.5. The second-order valence-electron chi connectivity index (χ2n) is 1.14. The fourth-order valence-electron chi connectivity index (χ4n) is 0.117. The first kappa shape index (κ1) is 8.50. The average Bonchev–Trinajstić information content (AvgIpc) is 1.88. The molecule has 0 amide bonds. The summed E-state index contributed by atoms with van der Waals surface area (Å²) in [6.07, 6.45) is 0. The Balaban J connectivity index is 3.40. The summed E-state index contributed by atoms with van der Waals surface area (Å²) in [5, 5.41) is 5.06. The normalized spacial score (nSPS) is 8.10. The molecule has 0 aromatic rings.